The van der Waals surface area contributed by atoms with Crippen LogP contribution in [0.15, 0.2) is 29.6 Å². The Bertz CT molecular complexity index is 803. The van der Waals surface area contributed by atoms with E-state index in [1.807, 2.05) is 13.8 Å². The summed E-state index contributed by atoms with van der Waals surface area (Å²) < 4.78 is 4.62. The van der Waals surface area contributed by atoms with Crippen molar-refractivity contribution < 1.29 is 19.2 Å². The minimum Gasteiger partial charge on any atom is -0.464 e. The van der Waals surface area contributed by atoms with Gasteiger partial charge < -0.3 is 9.64 Å². The minimum atomic E-state index is -0.542. The first-order valence-corrected chi connectivity index (χ1v) is 8.29. The van der Waals surface area contributed by atoms with Crippen molar-refractivity contribution in [3.63, 3.8) is 0 Å². The Morgan fingerprint density at radius 1 is 1.40 bits per heavy atom. The van der Waals surface area contributed by atoms with Crippen LogP contribution >= 0.6 is 11.3 Å². The van der Waals surface area contributed by atoms with Gasteiger partial charge in [0.05, 0.1) is 18.6 Å². The van der Waals surface area contributed by atoms with Crippen LogP contribution in [0.25, 0.3) is 0 Å². The molecule has 0 aliphatic heterocycles. The third kappa shape index (κ3) is 4.38. The lowest BCUT2D eigenvalue weighted by Crippen LogP contribution is -2.36. The van der Waals surface area contributed by atoms with Crippen LogP contribution in [0.4, 0.5) is 5.69 Å². The van der Waals surface area contributed by atoms with Crippen molar-refractivity contribution in [2.45, 2.75) is 26.4 Å². The van der Waals surface area contributed by atoms with E-state index in [2.05, 4.69) is 9.72 Å². The van der Waals surface area contributed by atoms with Gasteiger partial charge in [0.15, 0.2) is 5.69 Å². The summed E-state index contributed by atoms with van der Waals surface area (Å²) >= 11 is 1.25. The maximum Gasteiger partial charge on any atom is 0.357 e. The first-order chi connectivity index (χ1) is 11.8. The average molecular weight is 363 g/mol. The maximum atomic E-state index is 12.8. The van der Waals surface area contributed by atoms with Gasteiger partial charge in [-0.05, 0) is 19.9 Å². The van der Waals surface area contributed by atoms with E-state index in [1.54, 1.807) is 10.3 Å². The van der Waals surface area contributed by atoms with E-state index in [0.29, 0.717) is 5.01 Å². The number of nitrogens with zero attached hydrogens (tertiary/aromatic N) is 3. The Labute approximate surface area is 148 Å². The van der Waals surface area contributed by atoms with Crippen LogP contribution < -0.4 is 0 Å². The molecule has 0 fully saturated rings. The third-order valence-corrected chi connectivity index (χ3v) is 4.27. The Morgan fingerprint density at radius 2 is 2.12 bits per heavy atom. The SMILES string of the molecule is COC(=O)c1csc(CN(C(=O)c2cccc([N+](=O)[O-])c2)C(C)C)n1. The summed E-state index contributed by atoms with van der Waals surface area (Å²) in [5, 5.41) is 13.0. The molecule has 0 bridgehead atoms. The van der Waals surface area contributed by atoms with Crippen molar-refractivity contribution in [2.24, 2.45) is 0 Å². The van der Waals surface area contributed by atoms with Gasteiger partial charge in [-0.25, -0.2) is 9.78 Å². The fourth-order valence-corrected chi connectivity index (χ4v) is 2.90. The summed E-state index contributed by atoms with van der Waals surface area (Å²) in [6.07, 6.45) is 0. The number of nitro groups is 1. The van der Waals surface area contributed by atoms with Crippen LogP contribution in [0.5, 0.6) is 0 Å². The molecule has 2 aromatic rings. The Hall–Kier alpha value is -2.81. The summed E-state index contributed by atoms with van der Waals surface area (Å²) in [5.74, 6) is -0.878. The predicted molar refractivity (Wildman–Crippen MR) is 91.6 cm³/mol. The first kappa shape index (κ1) is 18.5. The van der Waals surface area contributed by atoms with Crippen molar-refractivity contribution in [3.8, 4) is 0 Å². The van der Waals surface area contributed by atoms with Gasteiger partial charge in [-0.15, -0.1) is 11.3 Å². The molecule has 25 heavy (non-hydrogen) atoms. The van der Waals surface area contributed by atoms with Crippen molar-refractivity contribution in [2.75, 3.05) is 7.11 Å². The largest absolute Gasteiger partial charge is 0.464 e. The van der Waals surface area contributed by atoms with Crippen LogP contribution in [-0.2, 0) is 11.3 Å². The molecule has 1 heterocycles. The maximum absolute atomic E-state index is 12.8. The van der Waals surface area contributed by atoms with Crippen molar-refractivity contribution >= 4 is 28.9 Å². The van der Waals surface area contributed by atoms with E-state index in [-0.39, 0.29) is 35.4 Å². The highest BCUT2D eigenvalue weighted by Crippen LogP contribution is 2.19. The highest BCUT2D eigenvalue weighted by atomic mass is 32.1. The molecule has 0 aliphatic carbocycles. The molecule has 0 radical (unpaired) electrons. The second kappa shape index (κ2) is 7.84. The molecule has 1 amide bonds. The Kier molecular flexibility index (Phi) is 5.81. The number of nitro benzene ring substituents is 1. The second-order valence-corrected chi connectivity index (χ2v) is 6.39. The first-order valence-electron chi connectivity index (χ1n) is 7.41. The van der Waals surface area contributed by atoms with E-state index in [9.17, 15) is 19.7 Å². The molecule has 1 aromatic carbocycles. The fourth-order valence-electron chi connectivity index (χ4n) is 2.13. The predicted octanol–water partition coefficient (Wildman–Crippen LogP) is 2.89. The zero-order chi connectivity index (χ0) is 18.6. The number of hydrogen-bond acceptors (Lipinski definition) is 7. The van der Waals surface area contributed by atoms with E-state index >= 15 is 0 Å². The van der Waals surface area contributed by atoms with Gasteiger partial charge in [-0.2, -0.15) is 0 Å². The number of carbonyl (C=O) groups excluding carboxylic acids is 2. The Balaban J connectivity index is 2.24. The van der Waals surface area contributed by atoms with Gasteiger partial charge in [-0.3, -0.25) is 14.9 Å². The molecule has 0 atom stereocenters. The Morgan fingerprint density at radius 3 is 2.72 bits per heavy atom. The minimum absolute atomic E-state index is 0.142. The van der Waals surface area contributed by atoms with Gasteiger partial charge in [-0.1, -0.05) is 6.07 Å². The standard InChI is InChI=1S/C16H17N3O5S/c1-10(2)18(8-14-17-13(9-25-14)16(21)24-3)15(20)11-5-4-6-12(7-11)19(22)23/h4-7,9-10H,8H2,1-3H3. The second-order valence-electron chi connectivity index (χ2n) is 5.45. The van der Waals surface area contributed by atoms with E-state index in [0.717, 1.165) is 0 Å². The normalized spacial score (nSPS) is 10.6. The topological polar surface area (TPSA) is 103 Å². The number of aromatic nitrogens is 1. The van der Waals surface area contributed by atoms with Crippen LogP contribution in [0.1, 0.15) is 39.7 Å². The number of non-ortho nitro benzene ring substituents is 1. The summed E-state index contributed by atoms with van der Waals surface area (Å²) in [6.45, 7) is 3.87. The lowest BCUT2D eigenvalue weighted by Gasteiger charge is -2.25. The van der Waals surface area contributed by atoms with Crippen molar-refractivity contribution in [3.05, 3.63) is 56.0 Å². The number of ether oxygens (including phenoxy) is 1. The molecule has 0 spiro atoms. The zero-order valence-corrected chi connectivity index (χ0v) is 14.8. The summed E-state index contributed by atoms with van der Waals surface area (Å²) in [7, 11) is 1.27. The van der Waals surface area contributed by atoms with Crippen LogP contribution in [0, 0.1) is 10.1 Å². The summed E-state index contributed by atoms with van der Waals surface area (Å²) in [5.41, 5.74) is 0.276. The number of carbonyl (C=O) groups is 2. The third-order valence-electron chi connectivity index (χ3n) is 3.44. The molecule has 1 aromatic heterocycles. The monoisotopic (exact) mass is 363 g/mol. The molecule has 8 nitrogen and oxygen atoms in total. The molecule has 2 rings (SSSR count). The van der Waals surface area contributed by atoms with Crippen molar-refractivity contribution in [1.29, 1.82) is 0 Å². The van der Waals surface area contributed by atoms with E-state index in [4.69, 9.17) is 0 Å². The fraction of sp³-hybridized carbons (Fsp3) is 0.312. The number of amides is 1. The van der Waals surface area contributed by atoms with Gasteiger partial charge >= 0.3 is 5.97 Å². The van der Waals surface area contributed by atoms with Gasteiger partial charge in [0.1, 0.15) is 5.01 Å². The quantitative estimate of drug-likeness (QED) is 0.444. The molecule has 0 aliphatic rings. The molecule has 0 unspecified atom stereocenters. The number of thiazole rings is 1. The highest BCUT2D eigenvalue weighted by Gasteiger charge is 2.22. The summed E-state index contributed by atoms with van der Waals surface area (Å²) in [4.78, 5) is 40.3. The van der Waals surface area contributed by atoms with Crippen LogP contribution in [0.2, 0.25) is 0 Å². The number of rotatable bonds is 6. The highest BCUT2D eigenvalue weighted by molar-refractivity contribution is 7.09. The molecular weight excluding hydrogens is 346 g/mol. The number of methoxy groups -OCH3 is 1. The number of esters is 1. The van der Waals surface area contributed by atoms with Crippen LogP contribution in [-0.4, -0.2) is 39.8 Å². The smallest absolute Gasteiger partial charge is 0.357 e. The lowest BCUT2D eigenvalue weighted by molar-refractivity contribution is -0.384. The van der Waals surface area contributed by atoms with Gasteiger partial charge in [0.25, 0.3) is 11.6 Å². The van der Waals surface area contributed by atoms with Gasteiger partial charge in [0.2, 0.25) is 0 Å². The molecule has 0 saturated heterocycles. The lowest BCUT2D eigenvalue weighted by atomic mass is 10.1. The molecular formula is C16H17N3O5S. The molecule has 0 N–H and O–H groups in total. The molecule has 132 valence electrons. The molecule has 9 heteroatoms. The van der Waals surface area contributed by atoms with Crippen molar-refractivity contribution in [1.82, 2.24) is 9.88 Å². The van der Waals surface area contributed by atoms with Gasteiger partial charge in [0, 0.05) is 29.1 Å². The average Bonchev–Trinajstić information content (AvgIpc) is 3.07. The van der Waals surface area contributed by atoms with Crippen LogP contribution in [0.3, 0.4) is 0 Å². The number of hydrogen-bond donors (Lipinski definition) is 0. The zero-order valence-electron chi connectivity index (χ0n) is 14.0. The number of benzene rings is 1. The van der Waals surface area contributed by atoms with E-state index in [1.165, 1.54) is 42.7 Å². The summed E-state index contributed by atoms with van der Waals surface area (Å²) in [6, 6.07) is 5.44. The van der Waals surface area contributed by atoms with E-state index < -0.39 is 10.9 Å². The molecule has 0 saturated carbocycles.